The minimum atomic E-state index is -1.23. The second kappa shape index (κ2) is 7.14. The van der Waals surface area contributed by atoms with E-state index < -0.39 is 21.6 Å². The van der Waals surface area contributed by atoms with Gasteiger partial charge in [0.2, 0.25) is 0 Å². The van der Waals surface area contributed by atoms with Crippen molar-refractivity contribution < 1.29 is 8.42 Å². The number of nitrogens with zero attached hydrogens (tertiary/aromatic N) is 5. The summed E-state index contributed by atoms with van der Waals surface area (Å²) < 4.78 is 28.4. The zero-order valence-corrected chi connectivity index (χ0v) is 18.9. The molecule has 0 spiro atoms. The zero-order valence-electron chi connectivity index (χ0n) is 17.3. The van der Waals surface area contributed by atoms with Gasteiger partial charge in [-0.1, -0.05) is 6.92 Å². The molecule has 0 aliphatic carbocycles. The largest absolute Gasteiger partial charge is 0.255 e. The first kappa shape index (κ1) is 19.9. The highest BCUT2D eigenvalue weighted by Crippen LogP contribution is 2.31. The van der Waals surface area contributed by atoms with Crippen molar-refractivity contribution in [2.24, 2.45) is 0 Å². The minimum Gasteiger partial charge on any atom is -0.255 e. The van der Waals surface area contributed by atoms with Gasteiger partial charge in [-0.25, -0.2) is 9.20 Å². The molecule has 0 saturated heterocycles. The van der Waals surface area contributed by atoms with Crippen molar-refractivity contribution in [3.05, 3.63) is 40.8 Å². The molecule has 0 saturated carbocycles. The van der Waals surface area contributed by atoms with E-state index in [1.165, 1.54) is 11.1 Å². The first-order chi connectivity index (χ1) is 13.7. The third kappa shape index (κ3) is 3.03. The molecule has 7 nitrogen and oxygen atoms in total. The predicted octanol–water partition coefficient (Wildman–Crippen LogP) is 3.17. The van der Waals surface area contributed by atoms with Crippen LogP contribution in [0.1, 0.15) is 29.3 Å². The third-order valence-corrected chi connectivity index (χ3v) is 7.78. The first-order valence-corrected chi connectivity index (χ1v) is 12.2. The van der Waals surface area contributed by atoms with E-state index in [9.17, 15) is 8.42 Å². The summed E-state index contributed by atoms with van der Waals surface area (Å²) >= 11 is 0. The standard InChI is InChI=1S/C20H23N5O2S2/c1-7-29(27)19-18-13(4)11(2)12(3)14(5)25(18)23-20(19)24-10-17-16(22-24)8-15(9-21-17)28(6)26/h8-10H,7H2,1-6H3. The van der Waals surface area contributed by atoms with Crippen LogP contribution in [0.15, 0.2) is 28.3 Å². The molecule has 9 heteroatoms. The molecule has 2 unspecified atom stereocenters. The van der Waals surface area contributed by atoms with Crippen molar-refractivity contribution in [3.63, 3.8) is 0 Å². The van der Waals surface area contributed by atoms with Gasteiger partial charge < -0.3 is 0 Å². The quantitative estimate of drug-likeness (QED) is 0.498. The Morgan fingerprint density at radius 1 is 1.00 bits per heavy atom. The molecule has 0 aromatic carbocycles. The van der Waals surface area contributed by atoms with Gasteiger partial charge in [0, 0.05) is 23.9 Å². The van der Waals surface area contributed by atoms with E-state index in [-0.39, 0.29) is 0 Å². The predicted molar refractivity (Wildman–Crippen MR) is 116 cm³/mol. The van der Waals surface area contributed by atoms with Crippen molar-refractivity contribution in [2.45, 2.75) is 44.4 Å². The molecular weight excluding hydrogens is 406 g/mol. The van der Waals surface area contributed by atoms with Crippen molar-refractivity contribution in [2.75, 3.05) is 12.0 Å². The van der Waals surface area contributed by atoms with Gasteiger partial charge in [-0.15, -0.1) is 5.10 Å². The molecule has 4 heterocycles. The fraction of sp³-hybridized carbons (Fsp3) is 0.350. The SMILES string of the molecule is CCS(=O)c1c(-n2cc3ncc(S(C)=O)cc3n2)nn2c(C)c(C)c(C)c(C)c12. The van der Waals surface area contributed by atoms with E-state index in [2.05, 4.69) is 23.9 Å². The number of hydrogen-bond acceptors (Lipinski definition) is 5. The number of rotatable bonds is 4. The average Bonchev–Trinajstić information content (AvgIpc) is 3.30. The normalized spacial score (nSPS) is 14.0. The fourth-order valence-electron chi connectivity index (χ4n) is 3.51. The lowest BCUT2D eigenvalue weighted by Gasteiger charge is -2.12. The first-order valence-electron chi connectivity index (χ1n) is 9.31. The molecule has 0 amide bonds. The average molecular weight is 430 g/mol. The molecular formula is C20H23N5O2S2. The molecule has 4 aromatic rings. The van der Waals surface area contributed by atoms with Crippen LogP contribution in [0.4, 0.5) is 0 Å². The lowest BCUT2D eigenvalue weighted by atomic mass is 10.0. The molecule has 0 aliphatic heterocycles. The van der Waals surface area contributed by atoms with Crippen molar-refractivity contribution in [1.29, 1.82) is 0 Å². The summed E-state index contributed by atoms with van der Waals surface area (Å²) in [6, 6.07) is 1.77. The summed E-state index contributed by atoms with van der Waals surface area (Å²) in [6.07, 6.45) is 4.99. The second-order valence-electron chi connectivity index (χ2n) is 7.11. The molecule has 2 atom stereocenters. The van der Waals surface area contributed by atoms with E-state index in [1.54, 1.807) is 29.4 Å². The Kier molecular flexibility index (Phi) is 4.90. The van der Waals surface area contributed by atoms with Crippen LogP contribution < -0.4 is 0 Å². The Bertz CT molecular complexity index is 1340. The molecule has 0 radical (unpaired) electrons. The Balaban J connectivity index is 2.07. The van der Waals surface area contributed by atoms with Gasteiger partial charge in [-0.2, -0.15) is 5.10 Å². The molecule has 0 aliphatic rings. The maximum absolute atomic E-state index is 13.1. The van der Waals surface area contributed by atoms with Gasteiger partial charge in [-0.05, 0) is 50.5 Å². The van der Waals surface area contributed by atoms with E-state index in [1.807, 2.05) is 25.3 Å². The Morgan fingerprint density at radius 2 is 1.72 bits per heavy atom. The topological polar surface area (TPSA) is 82.1 Å². The number of fused-ring (bicyclic) bond motifs is 2. The van der Waals surface area contributed by atoms with Crippen LogP contribution in [-0.4, -0.2) is 44.8 Å². The highest BCUT2D eigenvalue weighted by atomic mass is 32.2. The molecule has 4 aromatic heterocycles. The monoisotopic (exact) mass is 429 g/mol. The Labute approximate surface area is 174 Å². The van der Waals surface area contributed by atoms with E-state index in [0.717, 1.165) is 16.8 Å². The van der Waals surface area contributed by atoms with Crippen LogP contribution in [-0.2, 0) is 21.6 Å². The smallest absolute Gasteiger partial charge is 0.192 e. The van der Waals surface area contributed by atoms with Crippen LogP contribution in [0, 0.1) is 27.7 Å². The summed E-state index contributed by atoms with van der Waals surface area (Å²) in [5.74, 6) is 1.02. The maximum Gasteiger partial charge on any atom is 0.192 e. The van der Waals surface area contributed by atoms with Crippen molar-refractivity contribution >= 4 is 38.1 Å². The van der Waals surface area contributed by atoms with Gasteiger partial charge in [0.1, 0.15) is 15.9 Å². The third-order valence-electron chi connectivity index (χ3n) is 5.54. The minimum absolute atomic E-state index is 0.484. The summed E-state index contributed by atoms with van der Waals surface area (Å²) in [6.45, 7) is 10.1. The van der Waals surface area contributed by atoms with Crippen LogP contribution in [0.25, 0.3) is 22.4 Å². The highest BCUT2D eigenvalue weighted by Gasteiger charge is 2.24. The maximum atomic E-state index is 13.1. The molecule has 0 N–H and O–H groups in total. The number of hydrogen-bond donors (Lipinski definition) is 0. The molecule has 29 heavy (non-hydrogen) atoms. The van der Waals surface area contributed by atoms with Gasteiger partial charge in [-0.3, -0.25) is 13.4 Å². The van der Waals surface area contributed by atoms with Gasteiger partial charge in [0.15, 0.2) is 5.82 Å². The molecule has 4 rings (SSSR count). The lowest BCUT2D eigenvalue weighted by molar-refractivity contribution is 0.683. The lowest BCUT2D eigenvalue weighted by Crippen LogP contribution is -2.04. The summed E-state index contributed by atoms with van der Waals surface area (Å²) in [5, 5.41) is 9.42. The fourth-order valence-corrected chi connectivity index (χ4v) is 5.07. The Morgan fingerprint density at radius 3 is 2.38 bits per heavy atom. The number of aromatic nitrogens is 5. The van der Waals surface area contributed by atoms with Gasteiger partial charge in [0.05, 0.1) is 38.2 Å². The number of aryl methyl sites for hydroxylation is 2. The van der Waals surface area contributed by atoms with Crippen molar-refractivity contribution in [1.82, 2.24) is 24.4 Å². The molecule has 152 valence electrons. The van der Waals surface area contributed by atoms with E-state index >= 15 is 0 Å². The van der Waals surface area contributed by atoms with Crippen LogP contribution >= 0.6 is 0 Å². The summed E-state index contributed by atoms with van der Waals surface area (Å²) in [4.78, 5) is 5.68. The summed E-state index contributed by atoms with van der Waals surface area (Å²) in [5.41, 5.74) is 6.61. The van der Waals surface area contributed by atoms with Crippen LogP contribution in [0.5, 0.6) is 0 Å². The van der Waals surface area contributed by atoms with Crippen LogP contribution in [0.3, 0.4) is 0 Å². The van der Waals surface area contributed by atoms with Gasteiger partial charge in [0.25, 0.3) is 0 Å². The van der Waals surface area contributed by atoms with Gasteiger partial charge >= 0.3 is 0 Å². The van der Waals surface area contributed by atoms with E-state index in [4.69, 9.17) is 5.10 Å². The van der Waals surface area contributed by atoms with Crippen LogP contribution in [0.2, 0.25) is 0 Å². The molecule has 0 bridgehead atoms. The summed E-state index contributed by atoms with van der Waals surface area (Å²) in [7, 11) is -2.36. The Hall–Kier alpha value is -2.39. The highest BCUT2D eigenvalue weighted by molar-refractivity contribution is 7.85. The van der Waals surface area contributed by atoms with E-state index in [0.29, 0.717) is 32.4 Å². The molecule has 0 fully saturated rings. The zero-order chi connectivity index (χ0) is 21.0. The second-order valence-corrected chi connectivity index (χ2v) is 10.2. The van der Waals surface area contributed by atoms with Crippen molar-refractivity contribution in [3.8, 4) is 5.82 Å². The number of pyridine rings is 2.